The molecule has 1 aromatic heterocycles. The van der Waals surface area contributed by atoms with Crippen LogP contribution in [-0.2, 0) is 15.4 Å². The Balaban J connectivity index is 1.39. The van der Waals surface area contributed by atoms with Gasteiger partial charge in [-0.05, 0) is 53.4 Å². The highest BCUT2D eigenvalue weighted by atomic mass is 32.2. The van der Waals surface area contributed by atoms with Gasteiger partial charge in [-0.3, -0.25) is 9.52 Å². The summed E-state index contributed by atoms with van der Waals surface area (Å²) in [6, 6.07) is 17.6. The van der Waals surface area contributed by atoms with Gasteiger partial charge < -0.3 is 4.90 Å². The number of fused-ring (bicyclic) bond motifs is 1. The molecule has 1 aliphatic heterocycles. The van der Waals surface area contributed by atoms with Crippen LogP contribution in [0.4, 0.5) is 11.4 Å². The van der Waals surface area contributed by atoms with E-state index in [4.69, 9.17) is 0 Å². The van der Waals surface area contributed by atoms with Gasteiger partial charge in [0.1, 0.15) is 4.21 Å². The molecule has 0 bridgehead atoms. The number of likely N-dealkylation sites (N-methyl/N-ethyl adjacent to an activating group) is 1. The van der Waals surface area contributed by atoms with Crippen LogP contribution in [0.25, 0.3) is 0 Å². The standard InChI is InChI=1S/C24H24N4O3S2/c1-24(2)19-7-4-5-8-20(19)28(3)21(24)14-15-25-26-23(29)17-10-12-18(13-11-17)27-33(30,31)22-9-6-16-32-22/h4-16,27H,1-3H3,(H,26,29)/b21-14-,25-15+. The van der Waals surface area contributed by atoms with E-state index >= 15 is 0 Å². The topological polar surface area (TPSA) is 90.9 Å². The van der Waals surface area contributed by atoms with Crippen molar-refractivity contribution in [3.8, 4) is 0 Å². The number of amides is 1. The van der Waals surface area contributed by atoms with Crippen molar-refractivity contribution < 1.29 is 13.2 Å². The highest BCUT2D eigenvalue weighted by Crippen LogP contribution is 2.46. The highest BCUT2D eigenvalue weighted by Gasteiger charge is 2.37. The molecule has 2 N–H and O–H groups in total. The van der Waals surface area contributed by atoms with Crippen molar-refractivity contribution in [3.05, 3.63) is 88.9 Å². The van der Waals surface area contributed by atoms with E-state index in [9.17, 15) is 13.2 Å². The summed E-state index contributed by atoms with van der Waals surface area (Å²) in [5.74, 6) is -0.389. The largest absolute Gasteiger partial charge is 0.347 e. The molecule has 0 aliphatic carbocycles. The number of carbonyl (C=O) groups excluding carboxylic acids is 1. The number of nitrogens with one attached hydrogen (secondary N) is 2. The van der Waals surface area contributed by atoms with Gasteiger partial charge in [-0.25, -0.2) is 13.8 Å². The molecule has 1 aliphatic rings. The van der Waals surface area contributed by atoms with Gasteiger partial charge in [0.25, 0.3) is 15.9 Å². The third kappa shape index (κ3) is 4.55. The molecule has 33 heavy (non-hydrogen) atoms. The van der Waals surface area contributed by atoms with Gasteiger partial charge in [0, 0.05) is 41.3 Å². The molecule has 1 amide bonds. The molecule has 0 saturated carbocycles. The Bertz CT molecular complexity index is 1330. The fourth-order valence-electron chi connectivity index (χ4n) is 3.88. The first kappa shape index (κ1) is 22.8. The number of carbonyl (C=O) groups is 1. The molecular weight excluding hydrogens is 456 g/mol. The van der Waals surface area contributed by atoms with Crippen LogP contribution in [-0.4, -0.2) is 27.6 Å². The van der Waals surface area contributed by atoms with E-state index in [0.717, 1.165) is 22.7 Å². The minimum Gasteiger partial charge on any atom is -0.347 e. The van der Waals surface area contributed by atoms with Crippen LogP contribution in [0, 0.1) is 0 Å². The molecule has 0 radical (unpaired) electrons. The van der Waals surface area contributed by atoms with E-state index in [1.807, 2.05) is 25.3 Å². The lowest BCUT2D eigenvalue weighted by Gasteiger charge is -2.23. The summed E-state index contributed by atoms with van der Waals surface area (Å²) in [6.45, 7) is 4.31. The van der Waals surface area contributed by atoms with Crippen LogP contribution < -0.4 is 15.0 Å². The zero-order valence-corrected chi connectivity index (χ0v) is 20.1. The normalized spacial score (nSPS) is 16.2. The van der Waals surface area contributed by atoms with Crippen LogP contribution in [0.5, 0.6) is 0 Å². The summed E-state index contributed by atoms with van der Waals surface area (Å²) in [5.41, 5.74) is 6.54. The first-order chi connectivity index (χ1) is 15.7. The monoisotopic (exact) mass is 480 g/mol. The average Bonchev–Trinajstić information content (AvgIpc) is 3.40. The summed E-state index contributed by atoms with van der Waals surface area (Å²) < 4.78 is 27.3. The predicted molar refractivity (Wildman–Crippen MR) is 133 cm³/mol. The number of hydrogen-bond donors (Lipinski definition) is 2. The first-order valence-electron chi connectivity index (χ1n) is 10.2. The van der Waals surface area contributed by atoms with Crippen molar-refractivity contribution in [3.63, 3.8) is 0 Å². The van der Waals surface area contributed by atoms with Crippen molar-refractivity contribution in [2.24, 2.45) is 5.10 Å². The quantitative estimate of drug-likeness (QED) is 0.399. The molecule has 0 saturated heterocycles. The summed E-state index contributed by atoms with van der Waals surface area (Å²) in [5, 5.41) is 5.75. The van der Waals surface area contributed by atoms with Crippen LogP contribution in [0.3, 0.4) is 0 Å². The number of benzene rings is 2. The average molecular weight is 481 g/mol. The third-order valence-corrected chi connectivity index (χ3v) is 8.35. The highest BCUT2D eigenvalue weighted by molar-refractivity contribution is 7.94. The van der Waals surface area contributed by atoms with Crippen molar-refractivity contribution in [2.45, 2.75) is 23.5 Å². The Labute approximate surface area is 197 Å². The van der Waals surface area contributed by atoms with Crippen molar-refractivity contribution in [1.82, 2.24) is 5.43 Å². The Morgan fingerprint density at radius 2 is 1.79 bits per heavy atom. The Hall–Kier alpha value is -3.43. The SMILES string of the molecule is CN1/C(=C\C=N\NC(=O)c2ccc(NS(=O)(=O)c3cccs3)cc2)C(C)(C)c2ccccc21. The van der Waals surface area contributed by atoms with Crippen LogP contribution in [0.1, 0.15) is 29.8 Å². The van der Waals surface area contributed by atoms with Gasteiger partial charge in [0.2, 0.25) is 0 Å². The molecule has 9 heteroatoms. The molecule has 170 valence electrons. The van der Waals surface area contributed by atoms with E-state index in [1.54, 1.807) is 41.9 Å². The summed E-state index contributed by atoms with van der Waals surface area (Å²) in [4.78, 5) is 14.5. The van der Waals surface area contributed by atoms with Gasteiger partial charge in [0.15, 0.2) is 0 Å². The van der Waals surface area contributed by atoms with Crippen LogP contribution >= 0.6 is 11.3 Å². The number of thiophene rings is 1. The van der Waals surface area contributed by atoms with Gasteiger partial charge in [-0.15, -0.1) is 11.3 Å². The number of hydrazone groups is 1. The van der Waals surface area contributed by atoms with Gasteiger partial charge in [-0.2, -0.15) is 5.10 Å². The van der Waals surface area contributed by atoms with E-state index in [2.05, 4.69) is 46.1 Å². The number of rotatable bonds is 6. The molecule has 2 aromatic carbocycles. The number of anilines is 2. The number of hydrogen-bond acceptors (Lipinski definition) is 6. The van der Waals surface area contributed by atoms with Gasteiger partial charge in [0.05, 0.1) is 0 Å². The fourth-order valence-corrected chi connectivity index (χ4v) is 5.93. The van der Waals surface area contributed by atoms with Crippen LogP contribution in [0.2, 0.25) is 0 Å². The van der Waals surface area contributed by atoms with Crippen LogP contribution in [0.15, 0.2) is 87.1 Å². The Kier molecular flexibility index (Phi) is 6.09. The second-order valence-corrected chi connectivity index (χ2v) is 10.9. The third-order valence-electron chi connectivity index (χ3n) is 5.57. The molecular formula is C24H24N4O3S2. The van der Waals surface area contributed by atoms with E-state index in [1.165, 1.54) is 11.6 Å². The summed E-state index contributed by atoms with van der Waals surface area (Å²) in [7, 11) is -1.61. The maximum atomic E-state index is 12.4. The lowest BCUT2D eigenvalue weighted by atomic mass is 9.84. The lowest BCUT2D eigenvalue weighted by Crippen LogP contribution is -2.23. The molecule has 0 atom stereocenters. The summed E-state index contributed by atoms with van der Waals surface area (Å²) in [6.07, 6.45) is 3.46. The Morgan fingerprint density at radius 1 is 1.06 bits per heavy atom. The molecule has 4 rings (SSSR count). The smallest absolute Gasteiger partial charge is 0.271 e. The number of para-hydroxylation sites is 1. The zero-order chi connectivity index (χ0) is 23.6. The summed E-state index contributed by atoms with van der Waals surface area (Å²) >= 11 is 1.14. The Morgan fingerprint density at radius 3 is 2.45 bits per heavy atom. The second kappa shape index (κ2) is 8.84. The van der Waals surface area contributed by atoms with E-state index < -0.39 is 10.0 Å². The molecule has 0 unspecified atom stereocenters. The minimum absolute atomic E-state index is 0.173. The molecule has 7 nitrogen and oxygen atoms in total. The second-order valence-electron chi connectivity index (χ2n) is 8.09. The van der Waals surface area contributed by atoms with Gasteiger partial charge >= 0.3 is 0 Å². The van der Waals surface area contributed by atoms with Crippen molar-refractivity contribution in [1.29, 1.82) is 0 Å². The first-order valence-corrected chi connectivity index (χ1v) is 12.6. The molecule has 3 aromatic rings. The van der Waals surface area contributed by atoms with Crippen molar-refractivity contribution in [2.75, 3.05) is 16.7 Å². The number of allylic oxidation sites excluding steroid dienone is 2. The maximum absolute atomic E-state index is 12.4. The fraction of sp³-hybridized carbons (Fsp3) is 0.167. The predicted octanol–water partition coefficient (Wildman–Crippen LogP) is 4.58. The minimum atomic E-state index is -3.63. The van der Waals surface area contributed by atoms with Gasteiger partial charge in [-0.1, -0.05) is 38.1 Å². The molecule has 0 fully saturated rings. The zero-order valence-electron chi connectivity index (χ0n) is 18.4. The van der Waals surface area contributed by atoms with E-state index in [0.29, 0.717) is 11.3 Å². The molecule has 2 heterocycles. The maximum Gasteiger partial charge on any atom is 0.271 e. The van der Waals surface area contributed by atoms with E-state index in [-0.39, 0.29) is 15.5 Å². The molecule has 0 spiro atoms. The number of sulfonamides is 1. The van der Waals surface area contributed by atoms with Crippen molar-refractivity contribution >= 4 is 44.9 Å². The number of nitrogens with zero attached hydrogens (tertiary/aromatic N) is 2. The lowest BCUT2D eigenvalue weighted by molar-refractivity contribution is 0.0955.